The number of nitrogens with zero attached hydrogens (tertiary/aromatic N) is 1. The van der Waals surface area contributed by atoms with E-state index in [2.05, 4.69) is 4.98 Å². The van der Waals surface area contributed by atoms with E-state index in [1.807, 2.05) is 0 Å². The van der Waals surface area contributed by atoms with Gasteiger partial charge in [-0.3, -0.25) is 14.6 Å². The van der Waals surface area contributed by atoms with Gasteiger partial charge in [-0.15, -0.1) is 0 Å². The Morgan fingerprint density at radius 1 is 1.24 bits per heavy atom. The number of carbonyl (C=O) groups is 1. The summed E-state index contributed by atoms with van der Waals surface area (Å²) in [6.45, 7) is 0. The molecule has 0 amide bonds. The first-order valence-electron chi connectivity index (χ1n) is 9.26. The minimum atomic E-state index is -5.20. The maximum absolute atomic E-state index is 13.7. The topological polar surface area (TPSA) is 147 Å². The quantitative estimate of drug-likeness (QED) is 0.361. The molecule has 2 aromatic rings. The van der Waals surface area contributed by atoms with Crippen molar-refractivity contribution < 1.29 is 37.1 Å². The molecule has 14 heteroatoms. The molecule has 0 aliphatic carbocycles. The molecule has 1 heterocycles. The zero-order valence-corrected chi connectivity index (χ0v) is 19.1. The fourth-order valence-corrected chi connectivity index (χ4v) is 4.55. The number of rotatable bonds is 10. The van der Waals surface area contributed by atoms with E-state index in [1.165, 1.54) is 18.2 Å². The van der Waals surface area contributed by atoms with Crippen LogP contribution in [0, 0.1) is 4.78 Å². The number of carboxylic acids is 1. The fraction of sp³-hybridized carbons (Fsp3) is 0.368. The van der Waals surface area contributed by atoms with Crippen LogP contribution < -0.4 is 10.5 Å². The molecule has 0 aliphatic rings. The van der Waals surface area contributed by atoms with Gasteiger partial charge in [0, 0.05) is 32.7 Å². The summed E-state index contributed by atoms with van der Waals surface area (Å²) >= 11 is 11.8. The van der Waals surface area contributed by atoms with E-state index in [9.17, 15) is 27.3 Å². The van der Waals surface area contributed by atoms with Gasteiger partial charge in [0.25, 0.3) is 0 Å². The summed E-state index contributed by atoms with van der Waals surface area (Å²) in [5.74, 6) is -2.57. The number of ether oxygens (including phenoxy) is 1. The van der Waals surface area contributed by atoms with Gasteiger partial charge in [0.05, 0.1) is 16.9 Å². The summed E-state index contributed by atoms with van der Waals surface area (Å²) in [5, 5.41) is 19.7. The third kappa shape index (κ3) is 7.18. The molecule has 0 spiro atoms. The van der Waals surface area contributed by atoms with Gasteiger partial charge < -0.3 is 20.7 Å². The van der Waals surface area contributed by atoms with Crippen LogP contribution in [0.25, 0.3) is 0 Å². The number of aromatic nitrogens is 1. The fourth-order valence-electron chi connectivity index (χ4n) is 2.64. The van der Waals surface area contributed by atoms with Crippen LogP contribution >= 0.6 is 23.2 Å². The lowest BCUT2D eigenvalue weighted by atomic mass is 9.95. The third-order valence-electron chi connectivity index (χ3n) is 4.62. The Hall–Kier alpha value is -2.12. The minimum absolute atomic E-state index is 0.0273. The molecule has 8 nitrogen and oxygen atoms in total. The van der Waals surface area contributed by atoms with Gasteiger partial charge in [-0.2, -0.15) is 13.2 Å². The molecular formula is C19H20Cl2F3N3O5S. The summed E-state index contributed by atoms with van der Waals surface area (Å²) in [6, 6.07) is 4.97. The standard InChI is InChI=1S/C19H20Cl2F3N3O5S/c20-11-1-3-15(13(21)9-11)32-12-2-4-16(27-10-12)18(30,19(22,23)24)6-8-33(26,31)7-5-14(25)17(28)29/h1-4,9-10,14,26,30H,5-8,25H2,(H,28,29)/t14-,18?,33?/m0/s1. The summed E-state index contributed by atoms with van der Waals surface area (Å²) in [5.41, 5.74) is 0.990. The van der Waals surface area contributed by atoms with E-state index < -0.39 is 57.1 Å². The molecule has 3 atom stereocenters. The molecule has 5 N–H and O–H groups in total. The second kappa shape index (κ2) is 10.4. The van der Waals surface area contributed by atoms with Crippen LogP contribution in [-0.2, 0) is 20.1 Å². The molecule has 33 heavy (non-hydrogen) atoms. The van der Waals surface area contributed by atoms with Crippen molar-refractivity contribution >= 4 is 38.9 Å². The van der Waals surface area contributed by atoms with Gasteiger partial charge >= 0.3 is 12.1 Å². The summed E-state index contributed by atoms with van der Waals surface area (Å²) < 4.78 is 66.7. The highest BCUT2D eigenvalue weighted by Crippen LogP contribution is 2.41. The predicted octanol–water partition coefficient (Wildman–Crippen LogP) is 4.17. The average Bonchev–Trinajstić information content (AvgIpc) is 2.72. The number of halogens is 5. The SMILES string of the molecule is N=S(=O)(CC[C@H](N)C(=O)O)CCC(O)(c1ccc(Oc2ccc(Cl)cc2Cl)cn1)C(F)(F)F. The van der Waals surface area contributed by atoms with E-state index in [0.29, 0.717) is 5.02 Å². The zero-order chi connectivity index (χ0) is 25.0. The average molecular weight is 530 g/mol. The molecule has 182 valence electrons. The molecule has 0 bridgehead atoms. The highest BCUT2D eigenvalue weighted by molar-refractivity contribution is 7.92. The number of nitrogens with one attached hydrogen (secondary N) is 1. The Morgan fingerprint density at radius 2 is 1.91 bits per heavy atom. The van der Waals surface area contributed by atoms with Crippen molar-refractivity contribution in [1.82, 2.24) is 4.98 Å². The van der Waals surface area contributed by atoms with Gasteiger partial charge in [-0.25, -0.2) is 4.21 Å². The number of alkyl halides is 3. The molecule has 0 aliphatic heterocycles. The molecule has 2 rings (SSSR count). The molecule has 0 fully saturated rings. The Labute approximate surface area is 197 Å². The predicted molar refractivity (Wildman–Crippen MR) is 116 cm³/mol. The van der Waals surface area contributed by atoms with Crippen molar-refractivity contribution in [3.05, 3.63) is 52.3 Å². The van der Waals surface area contributed by atoms with Crippen LogP contribution in [0.5, 0.6) is 11.5 Å². The number of aliphatic carboxylic acids is 1. The summed E-state index contributed by atoms with van der Waals surface area (Å²) in [6.07, 6.45) is -5.74. The second-order valence-electron chi connectivity index (χ2n) is 7.12. The van der Waals surface area contributed by atoms with Crippen LogP contribution in [-0.4, -0.2) is 49.1 Å². The molecule has 0 saturated heterocycles. The number of hydrogen-bond acceptors (Lipinski definition) is 7. The van der Waals surface area contributed by atoms with E-state index in [1.54, 1.807) is 0 Å². The number of aliphatic hydroxyl groups is 1. The second-order valence-corrected chi connectivity index (χ2v) is 10.4. The lowest BCUT2D eigenvalue weighted by Crippen LogP contribution is -2.44. The van der Waals surface area contributed by atoms with E-state index in [-0.39, 0.29) is 22.9 Å². The summed E-state index contributed by atoms with van der Waals surface area (Å²) in [7, 11) is -3.65. The normalized spacial score (nSPS) is 16.5. The molecular weight excluding hydrogens is 510 g/mol. The number of pyridine rings is 1. The number of benzene rings is 1. The Morgan fingerprint density at radius 3 is 2.42 bits per heavy atom. The number of carboxylic acid groups (broad SMARTS) is 1. The number of nitrogens with two attached hydrogens (primary N) is 1. The van der Waals surface area contributed by atoms with Crippen molar-refractivity contribution in [2.45, 2.75) is 30.7 Å². The van der Waals surface area contributed by atoms with Crippen LogP contribution in [0.2, 0.25) is 10.0 Å². The lowest BCUT2D eigenvalue weighted by molar-refractivity contribution is -0.268. The van der Waals surface area contributed by atoms with Crippen molar-refractivity contribution in [2.75, 3.05) is 11.5 Å². The molecule has 0 saturated carbocycles. The maximum Gasteiger partial charge on any atom is 0.423 e. The van der Waals surface area contributed by atoms with Gasteiger partial charge in [0.2, 0.25) is 5.60 Å². The Balaban J connectivity index is 2.19. The first-order chi connectivity index (χ1) is 15.1. The van der Waals surface area contributed by atoms with Crippen molar-refractivity contribution in [3.8, 4) is 11.5 Å². The van der Waals surface area contributed by atoms with Crippen molar-refractivity contribution in [1.29, 1.82) is 4.78 Å². The molecule has 1 aromatic carbocycles. The maximum atomic E-state index is 13.7. The van der Waals surface area contributed by atoms with Gasteiger partial charge in [0.1, 0.15) is 17.5 Å². The largest absolute Gasteiger partial charge is 0.480 e. The minimum Gasteiger partial charge on any atom is -0.480 e. The van der Waals surface area contributed by atoms with Crippen LogP contribution in [0.15, 0.2) is 36.5 Å². The van der Waals surface area contributed by atoms with Gasteiger partial charge in [0.15, 0.2) is 0 Å². The van der Waals surface area contributed by atoms with Crippen molar-refractivity contribution in [3.63, 3.8) is 0 Å². The van der Waals surface area contributed by atoms with Crippen LogP contribution in [0.3, 0.4) is 0 Å². The van der Waals surface area contributed by atoms with Gasteiger partial charge in [-0.1, -0.05) is 23.2 Å². The third-order valence-corrected chi connectivity index (χ3v) is 6.91. The highest BCUT2D eigenvalue weighted by Gasteiger charge is 2.56. The monoisotopic (exact) mass is 529 g/mol. The van der Waals surface area contributed by atoms with Crippen molar-refractivity contribution in [2.24, 2.45) is 5.73 Å². The smallest absolute Gasteiger partial charge is 0.423 e. The van der Waals surface area contributed by atoms with Crippen LogP contribution in [0.4, 0.5) is 13.2 Å². The first kappa shape index (κ1) is 27.1. The summed E-state index contributed by atoms with van der Waals surface area (Å²) in [4.78, 5) is 14.4. The van der Waals surface area contributed by atoms with Crippen LogP contribution in [0.1, 0.15) is 18.5 Å². The Bertz CT molecular complexity index is 1100. The van der Waals surface area contributed by atoms with E-state index in [4.69, 9.17) is 43.6 Å². The Kier molecular flexibility index (Phi) is 8.57. The molecule has 2 unspecified atom stereocenters. The zero-order valence-electron chi connectivity index (χ0n) is 16.8. The van der Waals surface area contributed by atoms with Gasteiger partial charge in [-0.05, 0) is 36.8 Å². The number of hydrogen-bond donors (Lipinski definition) is 4. The molecule has 1 aromatic heterocycles. The molecule has 0 radical (unpaired) electrons. The lowest BCUT2D eigenvalue weighted by Gasteiger charge is -2.30. The first-order valence-corrected chi connectivity index (χ1v) is 11.9. The van der Waals surface area contributed by atoms with E-state index in [0.717, 1.165) is 18.3 Å². The highest BCUT2D eigenvalue weighted by atomic mass is 35.5. The van der Waals surface area contributed by atoms with E-state index >= 15 is 0 Å².